The van der Waals surface area contributed by atoms with Crippen LogP contribution in [0, 0.1) is 5.82 Å². The van der Waals surface area contributed by atoms with Crippen molar-refractivity contribution in [3.63, 3.8) is 0 Å². The lowest BCUT2D eigenvalue weighted by molar-refractivity contribution is 0.0224. The van der Waals surface area contributed by atoms with E-state index in [1.54, 1.807) is 6.07 Å². The van der Waals surface area contributed by atoms with Crippen LogP contribution in [-0.4, -0.2) is 41.5 Å². The fourth-order valence-corrected chi connectivity index (χ4v) is 4.69. The molecular weight excluding hydrogens is 475 g/mol. The number of nitrogens with one attached hydrogen (secondary N) is 1. The monoisotopic (exact) mass is 522 g/mol. The van der Waals surface area contributed by atoms with E-state index in [-0.39, 0.29) is 5.82 Å². The molecule has 1 aliphatic heterocycles. The predicted octanol–water partition coefficient (Wildman–Crippen LogP) is 7.03. The molecule has 0 saturated carbocycles. The van der Waals surface area contributed by atoms with Crippen LogP contribution in [0.2, 0.25) is 0 Å². The maximum Gasteiger partial charge on any atom is 0.123 e. The summed E-state index contributed by atoms with van der Waals surface area (Å²) in [6, 6.07) is 12.6. The summed E-state index contributed by atoms with van der Waals surface area (Å²) < 4.78 is 13.7. The van der Waals surface area contributed by atoms with Crippen LogP contribution in [0.15, 0.2) is 60.2 Å². The van der Waals surface area contributed by atoms with E-state index in [0.717, 1.165) is 60.3 Å². The number of halogens is 1. The van der Waals surface area contributed by atoms with Crippen LogP contribution in [0.4, 0.5) is 10.1 Å². The summed E-state index contributed by atoms with van der Waals surface area (Å²) >= 11 is 0. The Morgan fingerprint density at radius 1 is 1.18 bits per heavy atom. The molecule has 0 bridgehead atoms. The first-order chi connectivity index (χ1) is 18.3. The molecule has 5 nitrogen and oxygen atoms in total. The van der Waals surface area contributed by atoms with Crippen molar-refractivity contribution in [2.45, 2.75) is 78.2 Å². The van der Waals surface area contributed by atoms with Gasteiger partial charge in [0, 0.05) is 42.7 Å². The van der Waals surface area contributed by atoms with E-state index in [9.17, 15) is 9.50 Å². The molecule has 0 fully saturated rings. The predicted molar refractivity (Wildman–Crippen MR) is 161 cm³/mol. The van der Waals surface area contributed by atoms with Gasteiger partial charge in [-0.25, -0.2) is 4.39 Å². The average molecular weight is 523 g/mol. The zero-order chi connectivity index (χ0) is 28.0. The third kappa shape index (κ3) is 9.32. The van der Waals surface area contributed by atoms with Gasteiger partial charge < -0.3 is 21.2 Å². The van der Waals surface area contributed by atoms with E-state index in [1.165, 1.54) is 17.7 Å². The smallest absolute Gasteiger partial charge is 0.123 e. The van der Waals surface area contributed by atoms with Crippen LogP contribution in [0.5, 0.6) is 0 Å². The normalized spacial score (nSPS) is 17.5. The molecule has 1 unspecified atom stereocenters. The standard InChI is InChI=1S/C30H41FN4O.C2H6/c1-4-30(36,22-24-10-9-12-27(31)20-24)16-19-35(5-2)23(3)26-13-14-29(32)28(21-26)25-11-7-6-8-17-33-34-18-15-25;1-2/h9-10,12-15,17,20-21,34,36H,3-8,11,16,18-19,22,32H2,1-2H3;1-2H3/b25-15+,33-17-;. The third-order valence-corrected chi connectivity index (χ3v) is 7.07. The molecule has 0 aromatic heterocycles. The number of anilines is 1. The topological polar surface area (TPSA) is 73.9 Å². The summed E-state index contributed by atoms with van der Waals surface area (Å²) in [5.74, 6) is -0.275. The number of hydrazone groups is 1. The average Bonchev–Trinajstić information content (AvgIpc) is 2.93. The van der Waals surface area contributed by atoms with Gasteiger partial charge in [0.1, 0.15) is 5.82 Å². The summed E-state index contributed by atoms with van der Waals surface area (Å²) in [5.41, 5.74) is 14.4. The second kappa shape index (κ2) is 16.0. The molecule has 1 heterocycles. The van der Waals surface area contributed by atoms with Crippen LogP contribution < -0.4 is 11.2 Å². The van der Waals surface area contributed by atoms with Gasteiger partial charge in [-0.1, -0.05) is 51.6 Å². The van der Waals surface area contributed by atoms with E-state index in [2.05, 4.69) is 41.1 Å². The molecule has 2 aromatic rings. The van der Waals surface area contributed by atoms with Crippen molar-refractivity contribution >= 4 is 23.2 Å². The van der Waals surface area contributed by atoms with Crippen LogP contribution in [0.25, 0.3) is 11.3 Å². The summed E-state index contributed by atoms with van der Waals surface area (Å²) in [4.78, 5) is 2.19. The van der Waals surface area contributed by atoms with Crippen LogP contribution >= 0.6 is 0 Å². The molecule has 6 heteroatoms. The highest BCUT2D eigenvalue weighted by Gasteiger charge is 2.26. The number of nitrogens with zero attached hydrogens (tertiary/aromatic N) is 2. The maximum absolute atomic E-state index is 13.7. The summed E-state index contributed by atoms with van der Waals surface area (Å²) in [5, 5.41) is 15.5. The van der Waals surface area contributed by atoms with E-state index >= 15 is 0 Å². The second-order valence-corrected chi connectivity index (χ2v) is 9.61. The van der Waals surface area contributed by atoms with Gasteiger partial charge in [-0.15, -0.1) is 0 Å². The van der Waals surface area contributed by atoms with Crippen molar-refractivity contribution in [1.29, 1.82) is 0 Å². The number of hydrogen-bond donors (Lipinski definition) is 3. The second-order valence-electron chi connectivity index (χ2n) is 9.61. The third-order valence-electron chi connectivity index (χ3n) is 7.07. The first-order valence-corrected chi connectivity index (χ1v) is 14.1. The highest BCUT2D eigenvalue weighted by atomic mass is 19.1. The number of aliphatic hydroxyl groups is 1. The van der Waals surface area contributed by atoms with E-state index < -0.39 is 5.60 Å². The van der Waals surface area contributed by atoms with Gasteiger partial charge in [-0.2, -0.15) is 5.10 Å². The number of rotatable bonds is 10. The van der Waals surface area contributed by atoms with Crippen molar-refractivity contribution in [1.82, 2.24) is 10.3 Å². The Morgan fingerprint density at radius 3 is 2.68 bits per heavy atom. The molecule has 0 radical (unpaired) electrons. The van der Waals surface area contributed by atoms with Gasteiger partial charge in [0.25, 0.3) is 0 Å². The van der Waals surface area contributed by atoms with Crippen molar-refractivity contribution < 1.29 is 9.50 Å². The van der Waals surface area contributed by atoms with Crippen molar-refractivity contribution in [2.24, 2.45) is 5.10 Å². The van der Waals surface area contributed by atoms with Crippen LogP contribution in [0.1, 0.15) is 82.9 Å². The van der Waals surface area contributed by atoms with E-state index in [1.807, 2.05) is 45.2 Å². The van der Waals surface area contributed by atoms with Gasteiger partial charge >= 0.3 is 0 Å². The molecule has 1 aliphatic rings. The number of allylic oxidation sites excluding steroid dienone is 1. The molecule has 2 aromatic carbocycles. The van der Waals surface area contributed by atoms with Crippen LogP contribution in [-0.2, 0) is 6.42 Å². The Balaban J connectivity index is 0.00000247. The fraction of sp³-hybridized carbons (Fsp3) is 0.469. The first kappa shape index (κ1) is 31.1. The molecule has 3 rings (SSSR count). The van der Waals surface area contributed by atoms with Crippen molar-refractivity contribution in [3.05, 3.63) is 77.6 Å². The summed E-state index contributed by atoms with van der Waals surface area (Å²) in [7, 11) is 0. The molecule has 38 heavy (non-hydrogen) atoms. The molecule has 4 N–H and O–H groups in total. The number of benzene rings is 2. The van der Waals surface area contributed by atoms with Gasteiger partial charge in [-0.3, -0.25) is 0 Å². The molecule has 0 amide bonds. The molecule has 0 aliphatic carbocycles. The zero-order valence-corrected chi connectivity index (χ0v) is 23.8. The highest BCUT2D eigenvalue weighted by Crippen LogP contribution is 2.31. The van der Waals surface area contributed by atoms with Crippen molar-refractivity contribution in [3.8, 4) is 0 Å². The molecule has 208 valence electrons. The Morgan fingerprint density at radius 2 is 1.97 bits per heavy atom. The number of nitrogen functional groups attached to an aromatic ring is 1. The lowest BCUT2D eigenvalue weighted by Gasteiger charge is -2.32. The molecular formula is C32H47FN4O. The minimum atomic E-state index is -0.913. The number of nitrogens with two attached hydrogens (primary N) is 1. The summed E-state index contributed by atoms with van der Waals surface area (Å²) in [6.07, 6.45) is 9.81. The zero-order valence-electron chi connectivity index (χ0n) is 23.8. The molecule has 0 saturated heterocycles. The molecule has 1 atom stereocenters. The summed E-state index contributed by atoms with van der Waals surface area (Å²) in [6.45, 7) is 14.6. The Kier molecular flexibility index (Phi) is 13.1. The minimum absolute atomic E-state index is 0.275. The highest BCUT2D eigenvalue weighted by molar-refractivity contribution is 5.79. The van der Waals surface area contributed by atoms with Crippen molar-refractivity contribution in [2.75, 3.05) is 25.4 Å². The number of hydrogen-bond acceptors (Lipinski definition) is 5. The van der Waals surface area contributed by atoms with Gasteiger partial charge in [0.05, 0.1) is 12.1 Å². The van der Waals surface area contributed by atoms with Crippen LogP contribution in [0.3, 0.4) is 0 Å². The minimum Gasteiger partial charge on any atom is -0.398 e. The van der Waals surface area contributed by atoms with Gasteiger partial charge in [0.2, 0.25) is 0 Å². The quantitative estimate of drug-likeness (QED) is 0.293. The Hall–Kier alpha value is -3.12. The largest absolute Gasteiger partial charge is 0.398 e. The van der Waals surface area contributed by atoms with Gasteiger partial charge in [-0.05, 0) is 86.4 Å². The molecule has 0 spiro atoms. The Labute approximate surface area is 229 Å². The fourth-order valence-electron chi connectivity index (χ4n) is 4.69. The Bertz CT molecular complexity index is 1080. The maximum atomic E-state index is 13.7. The van der Waals surface area contributed by atoms with E-state index in [0.29, 0.717) is 32.4 Å². The lowest BCUT2D eigenvalue weighted by atomic mass is 9.88. The van der Waals surface area contributed by atoms with Gasteiger partial charge in [0.15, 0.2) is 0 Å². The van der Waals surface area contributed by atoms with E-state index in [4.69, 9.17) is 5.73 Å². The first-order valence-electron chi connectivity index (χ1n) is 14.1. The SMILES string of the molecule is C=C(c1ccc(N)c(/C2=C/CN/N=C\CCCC2)c1)N(CC)CCC(O)(CC)Cc1cccc(F)c1.CC. The lowest BCUT2D eigenvalue weighted by Crippen LogP contribution is -2.36.